The molecule has 0 radical (unpaired) electrons. The number of rotatable bonds is 7. The van der Waals surface area contributed by atoms with E-state index in [9.17, 15) is 9.59 Å². The van der Waals surface area contributed by atoms with Gasteiger partial charge in [0, 0.05) is 6.04 Å². The topological polar surface area (TPSA) is 49.4 Å². The molecule has 0 bridgehead atoms. The van der Waals surface area contributed by atoms with Gasteiger partial charge in [0.05, 0.1) is 21.8 Å². The lowest BCUT2D eigenvalue weighted by molar-refractivity contribution is -0.122. The van der Waals surface area contributed by atoms with Crippen LogP contribution in [0.1, 0.15) is 30.4 Å². The molecule has 6 heteroatoms. The Labute approximate surface area is 126 Å². The van der Waals surface area contributed by atoms with E-state index in [4.69, 9.17) is 0 Å². The van der Waals surface area contributed by atoms with E-state index in [1.54, 1.807) is 6.07 Å². The summed E-state index contributed by atoms with van der Waals surface area (Å²) in [6, 6.07) is 3.79. The SMILES string of the molecule is CCN(CC(=O)NC(C)C)CC(=O)c1ccc(Br)s1. The van der Waals surface area contributed by atoms with E-state index in [-0.39, 0.29) is 30.8 Å². The number of hydrogen-bond acceptors (Lipinski definition) is 4. The van der Waals surface area contributed by atoms with Gasteiger partial charge in [0.25, 0.3) is 0 Å². The van der Waals surface area contributed by atoms with Crippen molar-refractivity contribution in [3.05, 3.63) is 20.8 Å². The van der Waals surface area contributed by atoms with Crippen LogP contribution in [0.2, 0.25) is 0 Å². The second-order valence-corrected chi connectivity index (χ2v) is 7.02. The minimum absolute atomic E-state index is 0.0444. The minimum atomic E-state index is -0.0444. The maximum Gasteiger partial charge on any atom is 0.234 e. The molecule has 1 aromatic rings. The van der Waals surface area contributed by atoms with Crippen LogP contribution in [0.3, 0.4) is 0 Å². The monoisotopic (exact) mass is 346 g/mol. The van der Waals surface area contributed by atoms with Crippen molar-refractivity contribution in [1.82, 2.24) is 10.2 Å². The number of Topliss-reactive ketones (excluding diaryl/α,β-unsaturated/α-hetero) is 1. The summed E-state index contributed by atoms with van der Waals surface area (Å²) in [5.74, 6) is 0.00640. The van der Waals surface area contributed by atoms with Crippen molar-refractivity contribution in [3.63, 3.8) is 0 Å². The number of ketones is 1. The summed E-state index contributed by atoms with van der Waals surface area (Å²) in [5, 5.41) is 2.83. The number of carbonyl (C=O) groups excluding carboxylic acids is 2. The van der Waals surface area contributed by atoms with Gasteiger partial charge in [0.15, 0.2) is 5.78 Å². The predicted molar refractivity (Wildman–Crippen MR) is 81.7 cm³/mol. The molecule has 0 aromatic carbocycles. The summed E-state index contributed by atoms with van der Waals surface area (Å²) in [4.78, 5) is 26.3. The molecule has 106 valence electrons. The third-order valence-corrected chi connectivity index (χ3v) is 4.14. The van der Waals surface area contributed by atoms with E-state index in [0.717, 1.165) is 8.66 Å². The Morgan fingerprint density at radius 3 is 2.53 bits per heavy atom. The van der Waals surface area contributed by atoms with Gasteiger partial charge in [-0.15, -0.1) is 11.3 Å². The Bertz CT molecular complexity index is 446. The maximum absolute atomic E-state index is 12.0. The molecule has 1 aromatic heterocycles. The van der Waals surface area contributed by atoms with Crippen LogP contribution in [0.4, 0.5) is 0 Å². The second-order valence-electron chi connectivity index (χ2n) is 4.55. The molecule has 1 amide bonds. The zero-order valence-corrected chi connectivity index (χ0v) is 13.8. The van der Waals surface area contributed by atoms with E-state index < -0.39 is 0 Å². The van der Waals surface area contributed by atoms with Crippen LogP contribution in [0.15, 0.2) is 15.9 Å². The van der Waals surface area contributed by atoms with Crippen LogP contribution in [0.25, 0.3) is 0 Å². The molecule has 1 N–H and O–H groups in total. The highest BCUT2D eigenvalue weighted by Gasteiger charge is 2.16. The Hall–Kier alpha value is -0.720. The molecular weight excluding hydrogens is 328 g/mol. The quantitative estimate of drug-likeness (QED) is 0.771. The van der Waals surface area contributed by atoms with Crippen molar-refractivity contribution in [2.24, 2.45) is 0 Å². The van der Waals surface area contributed by atoms with Crippen LogP contribution in [0.5, 0.6) is 0 Å². The molecule has 0 fully saturated rings. The number of nitrogens with zero attached hydrogens (tertiary/aromatic N) is 1. The number of likely N-dealkylation sites (N-methyl/N-ethyl adjacent to an activating group) is 1. The smallest absolute Gasteiger partial charge is 0.234 e. The van der Waals surface area contributed by atoms with Gasteiger partial charge in [-0.3, -0.25) is 14.5 Å². The normalized spacial score (nSPS) is 11.1. The zero-order valence-electron chi connectivity index (χ0n) is 11.4. The van der Waals surface area contributed by atoms with Crippen LogP contribution < -0.4 is 5.32 Å². The summed E-state index contributed by atoms with van der Waals surface area (Å²) in [7, 11) is 0. The molecule has 4 nitrogen and oxygen atoms in total. The lowest BCUT2D eigenvalue weighted by Crippen LogP contribution is -2.41. The van der Waals surface area contributed by atoms with Crippen molar-refractivity contribution < 1.29 is 9.59 Å². The van der Waals surface area contributed by atoms with Gasteiger partial charge < -0.3 is 5.32 Å². The van der Waals surface area contributed by atoms with Gasteiger partial charge in [0.2, 0.25) is 5.91 Å². The summed E-state index contributed by atoms with van der Waals surface area (Å²) in [6.45, 7) is 6.98. The van der Waals surface area contributed by atoms with E-state index in [1.165, 1.54) is 11.3 Å². The summed E-state index contributed by atoms with van der Waals surface area (Å²) < 4.78 is 0.941. The number of carbonyl (C=O) groups is 2. The fraction of sp³-hybridized carbons (Fsp3) is 0.538. The van der Waals surface area contributed by atoms with Crippen LogP contribution in [-0.4, -0.2) is 42.3 Å². The van der Waals surface area contributed by atoms with E-state index in [2.05, 4.69) is 21.2 Å². The highest BCUT2D eigenvalue weighted by molar-refractivity contribution is 9.11. The van der Waals surface area contributed by atoms with Gasteiger partial charge in [-0.2, -0.15) is 0 Å². The van der Waals surface area contributed by atoms with Crippen molar-refractivity contribution in [1.29, 1.82) is 0 Å². The molecule has 0 aliphatic carbocycles. The van der Waals surface area contributed by atoms with E-state index in [0.29, 0.717) is 6.54 Å². The van der Waals surface area contributed by atoms with Gasteiger partial charge in [-0.05, 0) is 48.5 Å². The molecule has 19 heavy (non-hydrogen) atoms. The first-order chi connectivity index (χ1) is 8.92. The Balaban J connectivity index is 2.52. The largest absolute Gasteiger partial charge is 0.353 e. The molecule has 0 spiro atoms. The Morgan fingerprint density at radius 2 is 2.05 bits per heavy atom. The fourth-order valence-corrected chi connectivity index (χ4v) is 2.91. The first-order valence-electron chi connectivity index (χ1n) is 6.22. The molecule has 0 aliphatic rings. The number of halogens is 1. The molecule has 0 aliphatic heterocycles. The van der Waals surface area contributed by atoms with E-state index >= 15 is 0 Å². The first-order valence-corrected chi connectivity index (χ1v) is 7.83. The van der Waals surface area contributed by atoms with Gasteiger partial charge in [-0.1, -0.05) is 6.92 Å². The number of hydrogen-bond donors (Lipinski definition) is 1. The lowest BCUT2D eigenvalue weighted by atomic mass is 10.3. The summed E-state index contributed by atoms with van der Waals surface area (Å²) in [6.07, 6.45) is 0. The van der Waals surface area contributed by atoms with Crippen molar-refractivity contribution >= 4 is 39.0 Å². The molecule has 0 saturated heterocycles. The summed E-state index contributed by atoms with van der Waals surface area (Å²) >= 11 is 4.76. The first kappa shape index (κ1) is 16.3. The van der Waals surface area contributed by atoms with Crippen LogP contribution >= 0.6 is 27.3 Å². The minimum Gasteiger partial charge on any atom is -0.353 e. The number of nitrogens with one attached hydrogen (secondary N) is 1. The van der Waals surface area contributed by atoms with Crippen molar-refractivity contribution in [2.75, 3.05) is 19.6 Å². The Kier molecular flexibility index (Phi) is 6.68. The lowest BCUT2D eigenvalue weighted by Gasteiger charge is -2.19. The average molecular weight is 347 g/mol. The van der Waals surface area contributed by atoms with Gasteiger partial charge >= 0.3 is 0 Å². The molecular formula is C13H19BrN2O2S. The standard InChI is InChI=1S/C13H19BrN2O2S/c1-4-16(8-13(18)15-9(2)3)7-10(17)11-5-6-12(14)19-11/h5-6,9H,4,7-8H2,1-3H3,(H,15,18). The summed E-state index contributed by atoms with van der Waals surface area (Å²) in [5.41, 5.74) is 0. The maximum atomic E-state index is 12.0. The molecule has 1 rings (SSSR count). The third-order valence-electron chi connectivity index (χ3n) is 2.48. The molecule has 0 saturated carbocycles. The molecule has 1 heterocycles. The van der Waals surface area contributed by atoms with Crippen LogP contribution in [-0.2, 0) is 4.79 Å². The predicted octanol–water partition coefficient (Wildman–Crippen LogP) is 2.54. The number of amides is 1. The second kappa shape index (κ2) is 7.77. The average Bonchev–Trinajstić information content (AvgIpc) is 2.73. The third kappa shape index (κ3) is 5.84. The zero-order chi connectivity index (χ0) is 14.4. The van der Waals surface area contributed by atoms with Crippen molar-refractivity contribution in [3.8, 4) is 0 Å². The molecule has 0 unspecified atom stereocenters. The van der Waals surface area contributed by atoms with E-state index in [1.807, 2.05) is 31.7 Å². The highest BCUT2D eigenvalue weighted by Crippen LogP contribution is 2.22. The van der Waals surface area contributed by atoms with Gasteiger partial charge in [-0.25, -0.2) is 0 Å². The van der Waals surface area contributed by atoms with Gasteiger partial charge in [0.1, 0.15) is 0 Å². The van der Waals surface area contributed by atoms with Crippen LogP contribution in [0, 0.1) is 0 Å². The highest BCUT2D eigenvalue weighted by atomic mass is 79.9. The molecule has 0 atom stereocenters. The van der Waals surface area contributed by atoms with Crippen molar-refractivity contribution in [2.45, 2.75) is 26.8 Å². The number of thiophene rings is 1. The Morgan fingerprint density at radius 1 is 1.37 bits per heavy atom. The fourth-order valence-electron chi connectivity index (χ4n) is 1.60.